The van der Waals surface area contributed by atoms with Gasteiger partial charge in [-0.05, 0) is 83.9 Å². The lowest BCUT2D eigenvalue weighted by molar-refractivity contribution is -0.113. The highest BCUT2D eigenvalue weighted by molar-refractivity contribution is 5.95. The number of carbonyl (C=O) groups excluding carboxylic acids is 1. The molecule has 0 spiro atoms. The summed E-state index contributed by atoms with van der Waals surface area (Å²) in [6.07, 6.45) is 18.2. The first-order valence-corrected chi connectivity index (χ1v) is 11.5. The Bertz CT molecular complexity index is 1070. The first-order chi connectivity index (χ1) is 14.7. The van der Waals surface area contributed by atoms with Gasteiger partial charge < -0.3 is 0 Å². The molecule has 5 rings (SSSR count). The van der Waals surface area contributed by atoms with Crippen molar-refractivity contribution in [1.82, 2.24) is 0 Å². The molecule has 0 atom stereocenters. The lowest BCUT2D eigenvalue weighted by atomic mass is 9.81. The number of ketones is 1. The van der Waals surface area contributed by atoms with Gasteiger partial charge in [-0.15, -0.1) is 0 Å². The van der Waals surface area contributed by atoms with Crippen LogP contribution >= 0.6 is 0 Å². The average molecular weight is 395 g/mol. The van der Waals surface area contributed by atoms with Gasteiger partial charge in [0.2, 0.25) is 0 Å². The lowest BCUT2D eigenvalue weighted by Crippen LogP contribution is -2.06. The quantitative estimate of drug-likeness (QED) is 0.518. The topological polar surface area (TPSA) is 17.1 Å². The second-order valence-electron chi connectivity index (χ2n) is 9.13. The highest BCUT2D eigenvalue weighted by Gasteiger charge is 2.20. The Hall–Kier alpha value is -2.67. The van der Waals surface area contributed by atoms with E-state index >= 15 is 0 Å². The van der Waals surface area contributed by atoms with Crippen LogP contribution in [0.5, 0.6) is 0 Å². The molecule has 2 aromatic carbocycles. The first-order valence-electron chi connectivity index (χ1n) is 11.5. The molecule has 0 bridgehead atoms. The van der Waals surface area contributed by atoms with Gasteiger partial charge in [-0.1, -0.05) is 80.0 Å². The van der Waals surface area contributed by atoms with E-state index in [-0.39, 0.29) is 5.78 Å². The summed E-state index contributed by atoms with van der Waals surface area (Å²) in [5, 5.41) is 0. The van der Waals surface area contributed by atoms with Crippen molar-refractivity contribution in [2.24, 2.45) is 0 Å². The smallest absolute Gasteiger partial charge is 0.156 e. The second kappa shape index (κ2) is 8.22. The Labute approximate surface area is 180 Å². The van der Waals surface area contributed by atoms with Crippen molar-refractivity contribution < 1.29 is 4.79 Å². The van der Waals surface area contributed by atoms with Crippen molar-refractivity contribution in [3.05, 3.63) is 88.0 Å². The SMILES string of the molecule is CC(=O)C1=C(Cc2cc(-c3cccc4c3C=CC4)cc(C3CCCCC3)c2)C=CC1. The molecule has 3 aliphatic carbocycles. The van der Waals surface area contributed by atoms with E-state index in [1.54, 1.807) is 6.92 Å². The first kappa shape index (κ1) is 19.3. The van der Waals surface area contributed by atoms with Crippen LogP contribution in [0.4, 0.5) is 0 Å². The Kier molecular flexibility index (Phi) is 5.29. The van der Waals surface area contributed by atoms with Gasteiger partial charge in [0.25, 0.3) is 0 Å². The molecular formula is C29H30O. The standard InChI is InChI=1S/C29H30O/c1-20(30)27-13-7-12-24(27)16-21-17-25(22-8-3-2-4-9-22)19-26(18-21)29-15-6-11-23-10-5-14-28(23)29/h5-7,11-12,14-15,17-19,22H,2-4,8-10,13,16H2,1H3. The number of carbonyl (C=O) groups is 1. The van der Waals surface area contributed by atoms with Crippen LogP contribution in [-0.4, -0.2) is 5.78 Å². The molecule has 2 aromatic rings. The molecule has 0 saturated heterocycles. The summed E-state index contributed by atoms with van der Waals surface area (Å²) in [4.78, 5) is 12.1. The Morgan fingerprint density at radius 2 is 1.80 bits per heavy atom. The minimum atomic E-state index is 0.213. The van der Waals surface area contributed by atoms with Crippen LogP contribution in [0.25, 0.3) is 17.2 Å². The predicted molar refractivity (Wildman–Crippen MR) is 126 cm³/mol. The number of rotatable bonds is 5. The van der Waals surface area contributed by atoms with Crippen molar-refractivity contribution in [1.29, 1.82) is 0 Å². The maximum Gasteiger partial charge on any atom is 0.156 e. The molecule has 0 radical (unpaired) electrons. The molecule has 0 aromatic heterocycles. The van der Waals surface area contributed by atoms with E-state index in [9.17, 15) is 4.79 Å². The van der Waals surface area contributed by atoms with Crippen LogP contribution in [0.3, 0.4) is 0 Å². The molecule has 0 heterocycles. The van der Waals surface area contributed by atoms with Gasteiger partial charge in [0, 0.05) is 5.57 Å². The Balaban J connectivity index is 1.59. The van der Waals surface area contributed by atoms with Gasteiger partial charge in [-0.3, -0.25) is 4.79 Å². The maximum atomic E-state index is 12.1. The van der Waals surface area contributed by atoms with Crippen LogP contribution in [0.1, 0.15) is 73.6 Å². The molecule has 1 saturated carbocycles. The zero-order chi connectivity index (χ0) is 20.5. The Morgan fingerprint density at radius 3 is 2.63 bits per heavy atom. The molecule has 3 aliphatic rings. The van der Waals surface area contributed by atoms with Gasteiger partial charge in [0.1, 0.15) is 0 Å². The highest BCUT2D eigenvalue weighted by atomic mass is 16.1. The fourth-order valence-corrected chi connectivity index (χ4v) is 5.50. The monoisotopic (exact) mass is 394 g/mol. The van der Waals surface area contributed by atoms with Crippen molar-refractivity contribution >= 4 is 11.9 Å². The van der Waals surface area contributed by atoms with E-state index in [4.69, 9.17) is 0 Å². The second-order valence-corrected chi connectivity index (χ2v) is 9.13. The molecule has 1 fully saturated rings. The minimum Gasteiger partial charge on any atom is -0.295 e. The summed E-state index contributed by atoms with van der Waals surface area (Å²) < 4.78 is 0. The number of hydrogen-bond acceptors (Lipinski definition) is 1. The number of fused-ring (bicyclic) bond motifs is 1. The zero-order valence-electron chi connectivity index (χ0n) is 17.9. The maximum absolute atomic E-state index is 12.1. The van der Waals surface area contributed by atoms with Crippen LogP contribution in [0.2, 0.25) is 0 Å². The van der Waals surface area contributed by atoms with Crippen molar-refractivity contribution in [2.75, 3.05) is 0 Å². The number of hydrogen-bond donors (Lipinski definition) is 0. The molecule has 1 heteroatoms. The van der Waals surface area contributed by atoms with Crippen LogP contribution < -0.4 is 0 Å². The van der Waals surface area contributed by atoms with Gasteiger partial charge in [0.05, 0.1) is 0 Å². The molecule has 0 aliphatic heterocycles. The summed E-state index contributed by atoms with van der Waals surface area (Å²) in [7, 11) is 0. The van der Waals surface area contributed by atoms with E-state index in [2.05, 4.69) is 60.7 Å². The fourth-order valence-electron chi connectivity index (χ4n) is 5.50. The minimum absolute atomic E-state index is 0.213. The van der Waals surface area contributed by atoms with Gasteiger partial charge in [0.15, 0.2) is 5.78 Å². The van der Waals surface area contributed by atoms with Gasteiger partial charge in [-0.2, -0.15) is 0 Å². The number of Topliss-reactive ketones (excluding diaryl/α,β-unsaturated/α-hetero) is 1. The zero-order valence-corrected chi connectivity index (χ0v) is 17.9. The average Bonchev–Trinajstić information content (AvgIpc) is 3.43. The summed E-state index contributed by atoms with van der Waals surface area (Å²) in [5.74, 6) is 0.884. The third kappa shape index (κ3) is 3.74. The summed E-state index contributed by atoms with van der Waals surface area (Å²) in [6.45, 7) is 1.70. The third-order valence-electron chi connectivity index (χ3n) is 7.07. The Morgan fingerprint density at radius 1 is 0.967 bits per heavy atom. The van der Waals surface area contributed by atoms with Crippen LogP contribution in [0.15, 0.2) is 65.8 Å². The molecule has 0 N–H and O–H groups in total. The molecule has 1 nitrogen and oxygen atoms in total. The fraction of sp³-hybridized carbons (Fsp3) is 0.345. The van der Waals surface area contributed by atoms with E-state index in [1.807, 2.05) is 0 Å². The van der Waals surface area contributed by atoms with Gasteiger partial charge in [-0.25, -0.2) is 0 Å². The van der Waals surface area contributed by atoms with E-state index < -0.39 is 0 Å². The van der Waals surface area contributed by atoms with Crippen molar-refractivity contribution in [3.8, 4) is 11.1 Å². The largest absolute Gasteiger partial charge is 0.295 e. The normalized spacial score (nSPS) is 18.3. The molecule has 0 unspecified atom stereocenters. The third-order valence-corrected chi connectivity index (χ3v) is 7.07. The lowest BCUT2D eigenvalue weighted by Gasteiger charge is -2.24. The van der Waals surface area contributed by atoms with Crippen molar-refractivity contribution in [2.45, 2.75) is 64.2 Å². The number of allylic oxidation sites excluding steroid dienone is 5. The van der Waals surface area contributed by atoms with Crippen LogP contribution in [0, 0.1) is 0 Å². The van der Waals surface area contributed by atoms with E-state index in [1.165, 1.54) is 71.1 Å². The molecule has 0 amide bonds. The van der Waals surface area contributed by atoms with Gasteiger partial charge >= 0.3 is 0 Å². The summed E-state index contributed by atoms with van der Waals surface area (Å²) in [6, 6.07) is 14.0. The van der Waals surface area contributed by atoms with Crippen LogP contribution in [-0.2, 0) is 17.6 Å². The van der Waals surface area contributed by atoms with E-state index in [0.29, 0.717) is 5.92 Å². The highest BCUT2D eigenvalue weighted by Crippen LogP contribution is 2.38. The molecular weight excluding hydrogens is 364 g/mol. The summed E-state index contributed by atoms with van der Waals surface area (Å²) >= 11 is 0. The van der Waals surface area contributed by atoms with E-state index in [0.717, 1.165) is 24.8 Å². The predicted octanol–water partition coefficient (Wildman–Crippen LogP) is 7.36. The number of benzene rings is 2. The molecule has 30 heavy (non-hydrogen) atoms. The summed E-state index contributed by atoms with van der Waals surface area (Å²) in [5.41, 5.74) is 10.5. The van der Waals surface area contributed by atoms with Crippen molar-refractivity contribution in [3.63, 3.8) is 0 Å². The molecule has 152 valence electrons.